The van der Waals surface area contributed by atoms with Gasteiger partial charge in [0.15, 0.2) is 5.84 Å². The highest BCUT2D eigenvalue weighted by molar-refractivity contribution is 7.16. The summed E-state index contributed by atoms with van der Waals surface area (Å²) >= 11 is 7.43. The molecule has 2 aromatic heterocycles. The molecule has 0 saturated heterocycles. The number of pyridine rings is 1. The summed E-state index contributed by atoms with van der Waals surface area (Å²) in [6.07, 6.45) is 3.29. The zero-order valence-electron chi connectivity index (χ0n) is 10.2. The SMILES string of the molecule is CN(Cc1ccc(Cl)s1)c1cnccc1/C(N)=N/O. The molecule has 7 heteroatoms. The van der Waals surface area contributed by atoms with Crippen LogP contribution in [0.15, 0.2) is 35.7 Å². The molecular weight excluding hydrogens is 284 g/mol. The van der Waals surface area contributed by atoms with E-state index in [1.165, 1.54) is 11.3 Å². The number of rotatable bonds is 4. The molecule has 3 N–H and O–H groups in total. The van der Waals surface area contributed by atoms with E-state index in [1.54, 1.807) is 18.5 Å². The van der Waals surface area contributed by atoms with E-state index in [2.05, 4.69) is 10.1 Å². The van der Waals surface area contributed by atoms with Crippen LogP contribution in [-0.4, -0.2) is 23.1 Å². The zero-order valence-corrected chi connectivity index (χ0v) is 11.8. The number of nitrogens with two attached hydrogens (primary N) is 1. The predicted molar refractivity (Wildman–Crippen MR) is 78.2 cm³/mol. The minimum atomic E-state index is 0.0634. The Balaban J connectivity index is 2.26. The standard InChI is InChI=1S/C12H13ClN4OS/c1-17(7-8-2-3-11(13)19-8)10-6-15-5-4-9(10)12(14)16-18/h2-6,18H,7H2,1H3,(H2,14,16). The molecule has 0 amide bonds. The summed E-state index contributed by atoms with van der Waals surface area (Å²) < 4.78 is 0.756. The first-order valence-corrected chi connectivity index (χ1v) is 6.68. The first-order valence-electron chi connectivity index (χ1n) is 5.49. The molecule has 0 radical (unpaired) electrons. The molecule has 0 aliphatic heterocycles. The Morgan fingerprint density at radius 2 is 2.32 bits per heavy atom. The van der Waals surface area contributed by atoms with Gasteiger partial charge in [-0.3, -0.25) is 4.98 Å². The van der Waals surface area contributed by atoms with Gasteiger partial charge >= 0.3 is 0 Å². The van der Waals surface area contributed by atoms with Crippen LogP contribution >= 0.6 is 22.9 Å². The Morgan fingerprint density at radius 3 is 2.95 bits per heavy atom. The second-order valence-electron chi connectivity index (χ2n) is 3.94. The number of anilines is 1. The van der Waals surface area contributed by atoms with Crippen molar-refractivity contribution in [2.24, 2.45) is 10.9 Å². The van der Waals surface area contributed by atoms with E-state index in [1.807, 2.05) is 24.1 Å². The number of oxime groups is 1. The molecule has 0 fully saturated rings. The number of aromatic nitrogens is 1. The van der Waals surface area contributed by atoms with E-state index < -0.39 is 0 Å². The minimum Gasteiger partial charge on any atom is -0.409 e. The van der Waals surface area contributed by atoms with Gasteiger partial charge in [0.25, 0.3) is 0 Å². The van der Waals surface area contributed by atoms with E-state index >= 15 is 0 Å². The van der Waals surface area contributed by atoms with E-state index in [0.29, 0.717) is 12.1 Å². The van der Waals surface area contributed by atoms with Crippen LogP contribution in [0.2, 0.25) is 4.34 Å². The number of halogens is 1. The second-order valence-corrected chi connectivity index (χ2v) is 5.74. The van der Waals surface area contributed by atoms with Crippen LogP contribution in [-0.2, 0) is 6.54 Å². The summed E-state index contributed by atoms with van der Waals surface area (Å²) in [5.41, 5.74) is 7.09. The molecular formula is C12H13ClN4OS. The Labute approximate surface area is 119 Å². The summed E-state index contributed by atoms with van der Waals surface area (Å²) in [6, 6.07) is 5.55. The van der Waals surface area contributed by atoms with Crippen LogP contribution in [0, 0.1) is 0 Å². The average molecular weight is 297 g/mol. The second kappa shape index (κ2) is 5.90. The molecule has 0 aliphatic carbocycles. The minimum absolute atomic E-state index is 0.0634. The molecule has 0 spiro atoms. The molecule has 2 aromatic rings. The molecule has 0 bridgehead atoms. The Hall–Kier alpha value is -1.79. The summed E-state index contributed by atoms with van der Waals surface area (Å²) in [6.45, 7) is 0.675. The predicted octanol–water partition coefficient (Wildman–Crippen LogP) is 2.53. The van der Waals surface area contributed by atoms with Gasteiger partial charge in [-0.05, 0) is 18.2 Å². The number of nitrogens with zero attached hydrogens (tertiary/aromatic N) is 3. The van der Waals surface area contributed by atoms with Crippen molar-refractivity contribution >= 4 is 34.5 Å². The average Bonchev–Trinajstić information content (AvgIpc) is 2.83. The van der Waals surface area contributed by atoms with Gasteiger partial charge in [0.2, 0.25) is 0 Å². The highest BCUT2D eigenvalue weighted by Gasteiger charge is 2.12. The molecule has 0 aromatic carbocycles. The molecule has 0 saturated carbocycles. The van der Waals surface area contributed by atoms with Crippen molar-refractivity contribution in [3.05, 3.63) is 45.4 Å². The lowest BCUT2D eigenvalue weighted by atomic mass is 10.2. The molecule has 0 atom stereocenters. The molecule has 2 rings (SSSR count). The Morgan fingerprint density at radius 1 is 1.53 bits per heavy atom. The van der Waals surface area contributed by atoms with Crippen molar-refractivity contribution in [2.75, 3.05) is 11.9 Å². The normalized spacial score (nSPS) is 11.6. The van der Waals surface area contributed by atoms with Crippen molar-refractivity contribution < 1.29 is 5.21 Å². The van der Waals surface area contributed by atoms with Crippen molar-refractivity contribution in [3.8, 4) is 0 Å². The maximum atomic E-state index is 8.80. The Kier molecular flexibility index (Phi) is 4.24. The first-order chi connectivity index (χ1) is 9.11. The molecule has 0 unspecified atom stereocenters. The van der Waals surface area contributed by atoms with Crippen LogP contribution < -0.4 is 10.6 Å². The van der Waals surface area contributed by atoms with E-state index in [9.17, 15) is 0 Å². The monoisotopic (exact) mass is 296 g/mol. The molecule has 0 aliphatic rings. The maximum Gasteiger partial charge on any atom is 0.172 e. The summed E-state index contributed by atoms with van der Waals surface area (Å²) in [4.78, 5) is 7.17. The van der Waals surface area contributed by atoms with Gasteiger partial charge in [-0.2, -0.15) is 0 Å². The van der Waals surface area contributed by atoms with Crippen LogP contribution in [0.3, 0.4) is 0 Å². The lowest BCUT2D eigenvalue weighted by Crippen LogP contribution is -2.22. The highest BCUT2D eigenvalue weighted by Crippen LogP contribution is 2.25. The fourth-order valence-corrected chi connectivity index (χ4v) is 2.86. The number of thiophene rings is 1. The number of hydrogen-bond donors (Lipinski definition) is 2. The highest BCUT2D eigenvalue weighted by atomic mass is 35.5. The van der Waals surface area contributed by atoms with E-state index in [4.69, 9.17) is 22.5 Å². The van der Waals surface area contributed by atoms with Crippen molar-refractivity contribution in [1.82, 2.24) is 4.98 Å². The third-order valence-corrected chi connectivity index (χ3v) is 3.83. The lowest BCUT2D eigenvalue weighted by molar-refractivity contribution is 0.318. The van der Waals surface area contributed by atoms with Crippen LogP contribution in [0.1, 0.15) is 10.4 Å². The van der Waals surface area contributed by atoms with Crippen LogP contribution in [0.4, 0.5) is 5.69 Å². The number of amidine groups is 1. The smallest absolute Gasteiger partial charge is 0.172 e. The van der Waals surface area contributed by atoms with Crippen molar-refractivity contribution in [2.45, 2.75) is 6.54 Å². The largest absolute Gasteiger partial charge is 0.409 e. The Bertz CT molecular complexity index is 599. The van der Waals surface area contributed by atoms with Gasteiger partial charge in [0.05, 0.1) is 22.8 Å². The third-order valence-electron chi connectivity index (χ3n) is 2.62. The van der Waals surface area contributed by atoms with Crippen LogP contribution in [0.5, 0.6) is 0 Å². The molecule has 5 nitrogen and oxygen atoms in total. The van der Waals surface area contributed by atoms with Gasteiger partial charge < -0.3 is 15.8 Å². The van der Waals surface area contributed by atoms with Crippen molar-refractivity contribution in [3.63, 3.8) is 0 Å². The van der Waals surface area contributed by atoms with Crippen LogP contribution in [0.25, 0.3) is 0 Å². The number of hydrogen-bond acceptors (Lipinski definition) is 5. The molecule has 2 heterocycles. The maximum absolute atomic E-state index is 8.80. The van der Waals surface area contributed by atoms with E-state index in [-0.39, 0.29) is 5.84 Å². The third kappa shape index (κ3) is 3.15. The molecule has 19 heavy (non-hydrogen) atoms. The van der Waals surface area contributed by atoms with Gasteiger partial charge in [-0.1, -0.05) is 16.8 Å². The van der Waals surface area contributed by atoms with Gasteiger partial charge in [0.1, 0.15) is 0 Å². The van der Waals surface area contributed by atoms with Gasteiger partial charge in [-0.25, -0.2) is 0 Å². The van der Waals surface area contributed by atoms with Gasteiger partial charge in [0, 0.05) is 23.7 Å². The van der Waals surface area contributed by atoms with Crippen molar-refractivity contribution in [1.29, 1.82) is 0 Å². The summed E-state index contributed by atoms with van der Waals surface area (Å²) in [5.74, 6) is 0.0634. The first kappa shape index (κ1) is 13.6. The lowest BCUT2D eigenvalue weighted by Gasteiger charge is -2.20. The topological polar surface area (TPSA) is 74.7 Å². The van der Waals surface area contributed by atoms with Gasteiger partial charge in [-0.15, -0.1) is 11.3 Å². The summed E-state index contributed by atoms with van der Waals surface area (Å²) in [5, 5.41) is 11.8. The fourth-order valence-electron chi connectivity index (χ4n) is 1.72. The summed E-state index contributed by atoms with van der Waals surface area (Å²) in [7, 11) is 1.92. The quantitative estimate of drug-likeness (QED) is 0.393. The van der Waals surface area contributed by atoms with E-state index in [0.717, 1.165) is 14.9 Å². The zero-order chi connectivity index (χ0) is 13.8. The molecule has 100 valence electrons. The fraction of sp³-hybridized carbons (Fsp3) is 0.167.